The van der Waals surface area contributed by atoms with E-state index in [4.69, 9.17) is 5.11 Å². The number of aromatic nitrogens is 3. The highest BCUT2D eigenvalue weighted by atomic mass is 16.4. The van der Waals surface area contributed by atoms with Gasteiger partial charge in [0.2, 0.25) is 0 Å². The minimum Gasteiger partial charge on any atom is -0.480 e. The number of aryl methyl sites for hydroxylation is 1. The molecule has 0 aliphatic heterocycles. The van der Waals surface area contributed by atoms with Gasteiger partial charge in [0.25, 0.3) is 0 Å². The lowest BCUT2D eigenvalue weighted by Crippen LogP contribution is -2.10. The minimum absolute atomic E-state index is 0.119. The number of carboxylic acid groups (broad SMARTS) is 1. The van der Waals surface area contributed by atoms with Crippen LogP contribution < -0.4 is 0 Å². The molecule has 0 aliphatic rings. The molecule has 0 unspecified atom stereocenters. The van der Waals surface area contributed by atoms with E-state index in [9.17, 15) is 9.59 Å². The van der Waals surface area contributed by atoms with Gasteiger partial charge in [-0.2, -0.15) is 5.10 Å². The van der Waals surface area contributed by atoms with Gasteiger partial charge in [0.15, 0.2) is 5.78 Å². The molecule has 20 heavy (non-hydrogen) atoms. The smallest absolute Gasteiger partial charge is 0.323 e. The van der Waals surface area contributed by atoms with Crippen LogP contribution in [0.1, 0.15) is 23.0 Å². The van der Waals surface area contributed by atoms with E-state index in [1.165, 1.54) is 6.92 Å². The molecule has 0 aliphatic carbocycles. The Balaban J connectivity index is 2.51. The van der Waals surface area contributed by atoms with E-state index < -0.39 is 5.97 Å². The number of carboxylic acids is 1. The fourth-order valence-corrected chi connectivity index (χ4v) is 2.63. The molecular formula is C14H13N3O3. The van der Waals surface area contributed by atoms with Crippen molar-refractivity contribution < 1.29 is 14.7 Å². The third-order valence-electron chi connectivity index (χ3n) is 3.34. The minimum atomic E-state index is -0.957. The second-order valence-corrected chi connectivity index (χ2v) is 4.72. The molecule has 0 bridgehead atoms. The van der Waals surface area contributed by atoms with E-state index in [2.05, 4.69) is 5.10 Å². The number of rotatable bonds is 3. The standard InChI is InChI=1S/C14H13N3O3/c1-8-13(9(2)18)14-16(7-12(19)20)10-5-3-4-6-11(10)17(14)15-8/h3-6H,7H2,1-2H3,(H,19,20). The molecule has 0 atom stereocenters. The number of imidazole rings is 1. The monoisotopic (exact) mass is 271 g/mol. The van der Waals surface area contributed by atoms with Crippen LogP contribution in [-0.2, 0) is 11.3 Å². The Morgan fingerprint density at radius 1 is 1.25 bits per heavy atom. The Kier molecular flexibility index (Phi) is 2.60. The molecule has 6 heteroatoms. The number of Topliss-reactive ketones (excluding diaryl/α,β-unsaturated/α-hetero) is 1. The van der Waals surface area contributed by atoms with E-state index in [-0.39, 0.29) is 12.3 Å². The SMILES string of the molecule is CC(=O)c1c(C)nn2c3ccccc3n(CC(=O)O)c12. The van der Waals surface area contributed by atoms with E-state index in [0.29, 0.717) is 16.9 Å². The summed E-state index contributed by atoms with van der Waals surface area (Å²) in [6, 6.07) is 7.38. The predicted octanol–water partition coefficient (Wildman–Crippen LogP) is 1.88. The molecule has 0 radical (unpaired) electrons. The molecule has 6 nitrogen and oxygen atoms in total. The number of benzene rings is 1. The molecule has 1 aromatic carbocycles. The van der Waals surface area contributed by atoms with Crippen molar-refractivity contribution in [1.29, 1.82) is 0 Å². The number of hydrogen-bond acceptors (Lipinski definition) is 3. The normalized spacial score (nSPS) is 11.3. The first-order chi connectivity index (χ1) is 9.50. The Morgan fingerprint density at radius 2 is 1.90 bits per heavy atom. The predicted molar refractivity (Wildman–Crippen MR) is 73.1 cm³/mol. The van der Waals surface area contributed by atoms with Crippen molar-refractivity contribution in [1.82, 2.24) is 14.2 Å². The maximum absolute atomic E-state index is 11.8. The lowest BCUT2D eigenvalue weighted by atomic mass is 10.2. The molecular weight excluding hydrogens is 258 g/mol. The van der Waals surface area contributed by atoms with E-state index in [0.717, 1.165) is 11.0 Å². The van der Waals surface area contributed by atoms with Gasteiger partial charge in [-0.3, -0.25) is 9.59 Å². The van der Waals surface area contributed by atoms with Gasteiger partial charge in [0.05, 0.1) is 22.3 Å². The van der Waals surface area contributed by atoms with Crippen molar-refractivity contribution in [2.75, 3.05) is 0 Å². The number of carbonyl (C=O) groups excluding carboxylic acids is 1. The Bertz CT molecular complexity index is 857. The number of para-hydroxylation sites is 2. The van der Waals surface area contributed by atoms with Gasteiger partial charge < -0.3 is 9.67 Å². The van der Waals surface area contributed by atoms with E-state index in [1.54, 1.807) is 16.0 Å². The number of carbonyl (C=O) groups is 2. The van der Waals surface area contributed by atoms with Crippen LogP contribution in [-0.4, -0.2) is 31.0 Å². The van der Waals surface area contributed by atoms with Crippen LogP contribution >= 0.6 is 0 Å². The second kappa shape index (κ2) is 4.19. The Hall–Kier alpha value is -2.63. The van der Waals surface area contributed by atoms with Crippen molar-refractivity contribution in [3.8, 4) is 0 Å². The summed E-state index contributed by atoms with van der Waals surface area (Å²) in [6.45, 7) is 3.01. The Labute approximate surface area is 114 Å². The molecule has 0 spiro atoms. The summed E-state index contributed by atoms with van der Waals surface area (Å²) in [5.41, 5.74) is 3.16. The van der Waals surface area contributed by atoms with Crippen LogP contribution in [0.25, 0.3) is 16.7 Å². The summed E-state index contributed by atoms with van der Waals surface area (Å²) in [5.74, 6) is -1.08. The van der Waals surface area contributed by atoms with Crippen LogP contribution in [0.5, 0.6) is 0 Å². The zero-order valence-corrected chi connectivity index (χ0v) is 11.1. The number of ketones is 1. The average Bonchev–Trinajstić information content (AvgIpc) is 2.85. The van der Waals surface area contributed by atoms with Gasteiger partial charge in [0.1, 0.15) is 12.2 Å². The first-order valence-electron chi connectivity index (χ1n) is 6.20. The van der Waals surface area contributed by atoms with Crippen LogP contribution in [0.15, 0.2) is 24.3 Å². The maximum atomic E-state index is 11.8. The van der Waals surface area contributed by atoms with Gasteiger partial charge in [-0.1, -0.05) is 12.1 Å². The van der Waals surface area contributed by atoms with E-state index in [1.807, 2.05) is 24.3 Å². The number of nitrogens with zero attached hydrogens (tertiary/aromatic N) is 3. The van der Waals surface area contributed by atoms with Crippen LogP contribution in [0, 0.1) is 6.92 Å². The summed E-state index contributed by atoms with van der Waals surface area (Å²) in [7, 11) is 0. The molecule has 0 fully saturated rings. The molecule has 102 valence electrons. The highest BCUT2D eigenvalue weighted by Gasteiger charge is 2.22. The molecule has 0 saturated carbocycles. The van der Waals surface area contributed by atoms with Crippen LogP contribution in [0.4, 0.5) is 0 Å². The molecule has 0 amide bonds. The van der Waals surface area contributed by atoms with Gasteiger partial charge >= 0.3 is 5.97 Å². The summed E-state index contributed by atoms with van der Waals surface area (Å²) in [5, 5.41) is 13.5. The van der Waals surface area contributed by atoms with Crippen LogP contribution in [0.2, 0.25) is 0 Å². The highest BCUT2D eigenvalue weighted by Crippen LogP contribution is 2.25. The van der Waals surface area contributed by atoms with Gasteiger partial charge in [-0.05, 0) is 26.0 Å². The lowest BCUT2D eigenvalue weighted by molar-refractivity contribution is -0.137. The average molecular weight is 271 g/mol. The molecule has 0 saturated heterocycles. The number of aliphatic carboxylic acids is 1. The Morgan fingerprint density at radius 3 is 2.50 bits per heavy atom. The largest absolute Gasteiger partial charge is 0.480 e. The third kappa shape index (κ3) is 1.61. The quantitative estimate of drug-likeness (QED) is 0.738. The van der Waals surface area contributed by atoms with Gasteiger partial charge in [0, 0.05) is 0 Å². The van der Waals surface area contributed by atoms with Crippen molar-refractivity contribution in [3.63, 3.8) is 0 Å². The first kappa shape index (κ1) is 12.4. The first-order valence-corrected chi connectivity index (χ1v) is 6.20. The second-order valence-electron chi connectivity index (χ2n) is 4.72. The molecule has 3 aromatic rings. The molecule has 2 heterocycles. The summed E-state index contributed by atoms with van der Waals surface area (Å²) in [4.78, 5) is 22.9. The lowest BCUT2D eigenvalue weighted by Gasteiger charge is -2.03. The fraction of sp³-hybridized carbons (Fsp3) is 0.214. The zero-order valence-electron chi connectivity index (χ0n) is 11.1. The molecule has 2 aromatic heterocycles. The molecule has 3 rings (SSSR count). The number of fused-ring (bicyclic) bond motifs is 3. The van der Waals surface area contributed by atoms with Crippen molar-refractivity contribution >= 4 is 28.4 Å². The van der Waals surface area contributed by atoms with E-state index >= 15 is 0 Å². The third-order valence-corrected chi connectivity index (χ3v) is 3.34. The summed E-state index contributed by atoms with van der Waals surface area (Å²) < 4.78 is 3.26. The zero-order chi connectivity index (χ0) is 14.4. The molecule has 1 N–H and O–H groups in total. The van der Waals surface area contributed by atoms with Crippen molar-refractivity contribution in [3.05, 3.63) is 35.5 Å². The van der Waals surface area contributed by atoms with Gasteiger partial charge in [-0.15, -0.1) is 0 Å². The van der Waals surface area contributed by atoms with Crippen LogP contribution in [0.3, 0.4) is 0 Å². The fourth-order valence-electron chi connectivity index (χ4n) is 2.63. The highest BCUT2D eigenvalue weighted by molar-refractivity contribution is 6.03. The van der Waals surface area contributed by atoms with Gasteiger partial charge in [-0.25, -0.2) is 4.52 Å². The van der Waals surface area contributed by atoms with Crippen molar-refractivity contribution in [2.45, 2.75) is 20.4 Å². The maximum Gasteiger partial charge on any atom is 0.323 e. The van der Waals surface area contributed by atoms with Crippen molar-refractivity contribution in [2.24, 2.45) is 0 Å². The summed E-state index contributed by atoms with van der Waals surface area (Å²) >= 11 is 0. The topological polar surface area (TPSA) is 76.6 Å². The summed E-state index contributed by atoms with van der Waals surface area (Å²) in [6.07, 6.45) is 0. The number of hydrogen-bond donors (Lipinski definition) is 1.